The van der Waals surface area contributed by atoms with E-state index in [9.17, 15) is 14.4 Å². The molecule has 0 radical (unpaired) electrons. The first-order valence-electron chi connectivity index (χ1n) is 8.06. The van der Waals surface area contributed by atoms with E-state index in [4.69, 9.17) is 0 Å². The van der Waals surface area contributed by atoms with Gasteiger partial charge in [0.1, 0.15) is 0 Å². The van der Waals surface area contributed by atoms with Crippen molar-refractivity contribution in [3.63, 3.8) is 0 Å². The minimum absolute atomic E-state index is 0.111. The van der Waals surface area contributed by atoms with E-state index in [1.807, 2.05) is 6.07 Å². The summed E-state index contributed by atoms with van der Waals surface area (Å²) in [7, 11) is 2.90. The molecule has 0 spiro atoms. The Kier molecular flexibility index (Phi) is 5.56. The van der Waals surface area contributed by atoms with Crippen molar-refractivity contribution in [2.45, 2.75) is 5.16 Å². The summed E-state index contributed by atoms with van der Waals surface area (Å²) in [6.45, 7) is 0. The van der Waals surface area contributed by atoms with Crippen molar-refractivity contribution in [1.29, 1.82) is 0 Å². The summed E-state index contributed by atoms with van der Waals surface area (Å²) in [6.07, 6.45) is -0.607. The van der Waals surface area contributed by atoms with E-state index in [2.05, 4.69) is 15.0 Å². The lowest BCUT2D eigenvalue weighted by molar-refractivity contribution is 0.102. The number of methoxy groups -OCH3 is 1. The van der Waals surface area contributed by atoms with Crippen molar-refractivity contribution in [3.8, 4) is 0 Å². The van der Waals surface area contributed by atoms with Gasteiger partial charge < -0.3 is 4.74 Å². The van der Waals surface area contributed by atoms with Crippen molar-refractivity contribution in [2.75, 3.05) is 18.2 Å². The first-order chi connectivity index (χ1) is 13.0. The predicted molar refractivity (Wildman–Crippen MR) is 105 cm³/mol. The molecule has 1 heterocycles. The minimum Gasteiger partial charge on any atom is -0.453 e. The van der Waals surface area contributed by atoms with Crippen LogP contribution >= 0.6 is 11.8 Å². The van der Waals surface area contributed by atoms with E-state index in [0.29, 0.717) is 27.3 Å². The Labute approximate surface area is 159 Å². The second-order valence-electron chi connectivity index (χ2n) is 5.68. The molecule has 138 valence electrons. The predicted octanol–water partition coefficient (Wildman–Crippen LogP) is 3.09. The number of para-hydroxylation sites is 1. The molecule has 0 fully saturated rings. The number of Topliss-reactive ketones (excluding diaryl/α,β-unsaturated/α-hetero) is 1. The number of thioether (sulfide) groups is 1. The number of amides is 1. The molecule has 0 atom stereocenters. The molecule has 0 unspecified atom stereocenters. The standard InChI is InChI=1S/C19H17N3O4S/c1-22-17(24)14-8-3-4-9-15(14)21-18(22)27-11-16(23)12-6-5-7-13(10-12)20-19(25)26-2/h3-10H,11H2,1-2H3,(H,20,25). The molecule has 0 saturated carbocycles. The van der Waals surface area contributed by atoms with Crippen molar-refractivity contribution >= 4 is 40.2 Å². The molecule has 0 bridgehead atoms. The zero-order valence-corrected chi connectivity index (χ0v) is 15.6. The van der Waals surface area contributed by atoms with Crippen molar-refractivity contribution in [3.05, 3.63) is 64.4 Å². The molecule has 1 amide bonds. The van der Waals surface area contributed by atoms with Gasteiger partial charge >= 0.3 is 6.09 Å². The molecule has 27 heavy (non-hydrogen) atoms. The summed E-state index contributed by atoms with van der Waals surface area (Å²) >= 11 is 1.19. The lowest BCUT2D eigenvalue weighted by Crippen LogP contribution is -2.20. The summed E-state index contributed by atoms with van der Waals surface area (Å²) in [5.74, 6) is -0.0313. The molecule has 3 aromatic rings. The maximum atomic E-state index is 12.5. The van der Waals surface area contributed by atoms with Gasteiger partial charge in [-0.2, -0.15) is 0 Å². The van der Waals surface area contributed by atoms with Crippen LogP contribution in [0.1, 0.15) is 10.4 Å². The summed E-state index contributed by atoms with van der Waals surface area (Å²) in [4.78, 5) is 40.7. The van der Waals surface area contributed by atoms with Crippen LogP contribution in [0.15, 0.2) is 58.5 Å². The second-order valence-corrected chi connectivity index (χ2v) is 6.63. The van der Waals surface area contributed by atoms with Gasteiger partial charge in [0.25, 0.3) is 5.56 Å². The molecule has 8 heteroatoms. The van der Waals surface area contributed by atoms with Gasteiger partial charge in [0, 0.05) is 18.3 Å². The Morgan fingerprint density at radius 3 is 2.74 bits per heavy atom. The number of fused-ring (bicyclic) bond motifs is 1. The molecular weight excluding hydrogens is 366 g/mol. The van der Waals surface area contributed by atoms with Crippen LogP contribution in [0, 0.1) is 0 Å². The molecule has 0 aliphatic rings. The zero-order valence-electron chi connectivity index (χ0n) is 14.8. The average Bonchev–Trinajstić information content (AvgIpc) is 2.69. The summed E-state index contributed by atoms with van der Waals surface area (Å²) in [6, 6.07) is 13.7. The van der Waals surface area contributed by atoms with Gasteiger partial charge in [-0.15, -0.1) is 0 Å². The van der Waals surface area contributed by atoms with Crippen molar-refractivity contribution < 1.29 is 14.3 Å². The number of benzene rings is 2. The number of rotatable bonds is 5. The first-order valence-corrected chi connectivity index (χ1v) is 9.05. The Morgan fingerprint density at radius 2 is 1.96 bits per heavy atom. The highest BCUT2D eigenvalue weighted by Crippen LogP contribution is 2.19. The summed E-state index contributed by atoms with van der Waals surface area (Å²) < 4.78 is 5.98. The van der Waals surface area contributed by atoms with Crippen LogP contribution in [0.4, 0.5) is 10.5 Å². The third-order valence-corrected chi connectivity index (χ3v) is 4.92. The number of anilines is 1. The molecular formula is C19H17N3O4S. The maximum absolute atomic E-state index is 12.5. The van der Waals surface area contributed by atoms with Gasteiger partial charge in [0.2, 0.25) is 0 Å². The van der Waals surface area contributed by atoms with E-state index in [1.54, 1.807) is 49.5 Å². The first kappa shape index (κ1) is 18.7. The Morgan fingerprint density at radius 1 is 1.19 bits per heavy atom. The van der Waals surface area contributed by atoms with Crippen LogP contribution in [-0.4, -0.2) is 34.3 Å². The molecule has 0 saturated heterocycles. The molecule has 3 rings (SSSR count). The molecule has 0 aliphatic heterocycles. The molecule has 1 aromatic heterocycles. The van der Waals surface area contributed by atoms with Crippen LogP contribution in [-0.2, 0) is 11.8 Å². The number of nitrogens with one attached hydrogen (secondary N) is 1. The van der Waals surface area contributed by atoms with Gasteiger partial charge in [-0.05, 0) is 24.3 Å². The van der Waals surface area contributed by atoms with E-state index in [0.717, 1.165) is 0 Å². The normalized spacial score (nSPS) is 10.6. The van der Waals surface area contributed by atoms with Crippen LogP contribution in [0.2, 0.25) is 0 Å². The van der Waals surface area contributed by atoms with Crippen molar-refractivity contribution in [2.24, 2.45) is 7.05 Å². The molecule has 0 aliphatic carbocycles. The number of aromatic nitrogens is 2. The van der Waals surface area contributed by atoms with E-state index >= 15 is 0 Å². The van der Waals surface area contributed by atoms with Crippen LogP contribution in [0.25, 0.3) is 10.9 Å². The fraction of sp³-hybridized carbons (Fsp3) is 0.158. The smallest absolute Gasteiger partial charge is 0.411 e. The SMILES string of the molecule is COC(=O)Nc1cccc(C(=O)CSc2nc3ccccc3c(=O)n2C)c1. The second kappa shape index (κ2) is 8.05. The number of nitrogens with zero attached hydrogens (tertiary/aromatic N) is 2. The minimum atomic E-state index is -0.607. The van der Waals surface area contributed by atoms with E-state index in [1.165, 1.54) is 23.4 Å². The summed E-state index contributed by atoms with van der Waals surface area (Å²) in [5.41, 5.74) is 1.36. The number of ketones is 1. The molecule has 7 nitrogen and oxygen atoms in total. The van der Waals surface area contributed by atoms with Gasteiger partial charge in [-0.3, -0.25) is 19.5 Å². The third-order valence-electron chi connectivity index (χ3n) is 3.89. The fourth-order valence-corrected chi connectivity index (χ4v) is 3.35. The number of hydrogen-bond acceptors (Lipinski definition) is 6. The monoisotopic (exact) mass is 383 g/mol. The van der Waals surface area contributed by atoms with Gasteiger partial charge in [0.15, 0.2) is 10.9 Å². The topological polar surface area (TPSA) is 90.3 Å². The largest absolute Gasteiger partial charge is 0.453 e. The lowest BCUT2D eigenvalue weighted by Gasteiger charge is -2.09. The molecule has 1 N–H and O–H groups in total. The van der Waals surface area contributed by atoms with Gasteiger partial charge in [-0.1, -0.05) is 36.0 Å². The van der Waals surface area contributed by atoms with Crippen LogP contribution < -0.4 is 10.9 Å². The lowest BCUT2D eigenvalue weighted by atomic mass is 10.1. The van der Waals surface area contributed by atoms with Gasteiger partial charge in [-0.25, -0.2) is 9.78 Å². The fourth-order valence-electron chi connectivity index (χ4n) is 2.48. The highest BCUT2D eigenvalue weighted by Gasteiger charge is 2.13. The third kappa shape index (κ3) is 4.17. The van der Waals surface area contributed by atoms with Gasteiger partial charge in [0.05, 0.1) is 23.8 Å². The quantitative estimate of drug-likeness (QED) is 0.414. The van der Waals surface area contributed by atoms with Crippen LogP contribution in [0.5, 0.6) is 0 Å². The number of carbonyl (C=O) groups is 2. The zero-order chi connectivity index (χ0) is 19.4. The Balaban J connectivity index is 1.77. The maximum Gasteiger partial charge on any atom is 0.411 e. The highest BCUT2D eigenvalue weighted by molar-refractivity contribution is 7.99. The highest BCUT2D eigenvalue weighted by atomic mass is 32.2. The van der Waals surface area contributed by atoms with Crippen LogP contribution in [0.3, 0.4) is 0 Å². The molecule has 2 aromatic carbocycles. The Bertz CT molecular complexity index is 1080. The Hall–Kier alpha value is -3.13. The van der Waals surface area contributed by atoms with E-state index < -0.39 is 6.09 Å². The van der Waals surface area contributed by atoms with Crippen molar-refractivity contribution in [1.82, 2.24) is 9.55 Å². The number of ether oxygens (including phenoxy) is 1. The number of hydrogen-bond donors (Lipinski definition) is 1. The number of carbonyl (C=O) groups excluding carboxylic acids is 2. The van der Waals surface area contributed by atoms with E-state index in [-0.39, 0.29) is 17.1 Å². The average molecular weight is 383 g/mol. The summed E-state index contributed by atoms with van der Waals surface area (Å²) in [5, 5.41) is 3.53.